The zero-order valence-corrected chi connectivity index (χ0v) is 10.4. The van der Waals surface area contributed by atoms with Crippen LogP contribution in [0.5, 0.6) is 0 Å². The van der Waals surface area contributed by atoms with Gasteiger partial charge in [0.15, 0.2) is 0 Å². The predicted octanol–water partition coefficient (Wildman–Crippen LogP) is 2.17. The van der Waals surface area contributed by atoms with Crippen LogP contribution in [0.1, 0.15) is 31.4 Å². The van der Waals surface area contributed by atoms with Gasteiger partial charge in [0.2, 0.25) is 0 Å². The van der Waals surface area contributed by atoms with E-state index in [1.165, 1.54) is 25.8 Å². The highest BCUT2D eigenvalue weighted by Gasteiger charge is 2.11. The van der Waals surface area contributed by atoms with E-state index in [0.717, 1.165) is 31.7 Å². The maximum Gasteiger partial charge on any atom is 0.0521 e. The summed E-state index contributed by atoms with van der Waals surface area (Å²) in [6.45, 7) is 2.83. The SMILES string of the molecule is c1ccc(CCOCCC2CCCCN2)nc1. The Hall–Kier alpha value is -0.930. The molecule has 0 spiro atoms. The fraction of sp³-hybridized carbons (Fsp3) is 0.643. The standard InChI is InChI=1S/C14H22N2O/c1-3-9-15-13(5-1)7-11-17-12-8-14-6-2-4-10-16-14/h1,3,5,9,14,16H,2,4,6-8,10-12H2. The van der Waals surface area contributed by atoms with Crippen molar-refractivity contribution in [3.05, 3.63) is 30.1 Å². The minimum absolute atomic E-state index is 0.679. The first-order valence-corrected chi connectivity index (χ1v) is 6.66. The molecule has 17 heavy (non-hydrogen) atoms. The lowest BCUT2D eigenvalue weighted by Crippen LogP contribution is -2.34. The van der Waals surface area contributed by atoms with Gasteiger partial charge in [0.25, 0.3) is 0 Å². The van der Waals surface area contributed by atoms with Crippen LogP contribution in [0.2, 0.25) is 0 Å². The van der Waals surface area contributed by atoms with Crippen LogP contribution in [-0.2, 0) is 11.2 Å². The maximum atomic E-state index is 5.66. The van der Waals surface area contributed by atoms with Crippen LogP contribution < -0.4 is 5.32 Å². The highest BCUT2D eigenvalue weighted by Crippen LogP contribution is 2.09. The van der Waals surface area contributed by atoms with Crippen molar-refractivity contribution in [2.24, 2.45) is 0 Å². The van der Waals surface area contributed by atoms with Crippen molar-refractivity contribution in [2.75, 3.05) is 19.8 Å². The molecule has 1 atom stereocenters. The molecular weight excluding hydrogens is 212 g/mol. The van der Waals surface area contributed by atoms with Crippen LogP contribution in [0.4, 0.5) is 0 Å². The summed E-state index contributed by atoms with van der Waals surface area (Å²) in [7, 11) is 0. The first kappa shape index (κ1) is 12.5. The molecule has 3 nitrogen and oxygen atoms in total. The minimum Gasteiger partial charge on any atom is -0.381 e. The van der Waals surface area contributed by atoms with Gasteiger partial charge in [-0.1, -0.05) is 12.5 Å². The maximum absolute atomic E-state index is 5.66. The van der Waals surface area contributed by atoms with Crippen molar-refractivity contribution in [3.8, 4) is 0 Å². The fourth-order valence-corrected chi connectivity index (χ4v) is 2.22. The smallest absolute Gasteiger partial charge is 0.0521 e. The molecular formula is C14H22N2O. The van der Waals surface area contributed by atoms with E-state index in [2.05, 4.69) is 10.3 Å². The summed E-state index contributed by atoms with van der Waals surface area (Å²) in [5.41, 5.74) is 1.11. The average molecular weight is 234 g/mol. The molecule has 1 N–H and O–H groups in total. The van der Waals surface area contributed by atoms with Gasteiger partial charge in [0, 0.05) is 31.0 Å². The molecule has 1 unspecified atom stereocenters. The second-order valence-electron chi connectivity index (χ2n) is 4.62. The van der Waals surface area contributed by atoms with E-state index >= 15 is 0 Å². The number of pyridine rings is 1. The second-order valence-corrected chi connectivity index (χ2v) is 4.62. The van der Waals surface area contributed by atoms with E-state index < -0.39 is 0 Å². The molecule has 1 aliphatic heterocycles. The number of nitrogens with zero attached hydrogens (tertiary/aromatic N) is 1. The number of ether oxygens (including phenoxy) is 1. The molecule has 0 saturated carbocycles. The van der Waals surface area contributed by atoms with Gasteiger partial charge in [0.05, 0.1) is 6.61 Å². The Kier molecular flexibility index (Phi) is 5.46. The van der Waals surface area contributed by atoms with Gasteiger partial charge in [0.1, 0.15) is 0 Å². The van der Waals surface area contributed by atoms with Crippen molar-refractivity contribution in [1.82, 2.24) is 10.3 Å². The lowest BCUT2D eigenvalue weighted by Gasteiger charge is -2.23. The van der Waals surface area contributed by atoms with E-state index in [4.69, 9.17) is 4.74 Å². The Morgan fingerprint density at radius 3 is 3.06 bits per heavy atom. The van der Waals surface area contributed by atoms with Crippen molar-refractivity contribution in [3.63, 3.8) is 0 Å². The Morgan fingerprint density at radius 2 is 2.29 bits per heavy atom. The highest BCUT2D eigenvalue weighted by atomic mass is 16.5. The minimum atomic E-state index is 0.679. The van der Waals surface area contributed by atoms with E-state index in [0.29, 0.717) is 6.04 Å². The molecule has 1 aromatic heterocycles. The van der Waals surface area contributed by atoms with Gasteiger partial charge in [-0.3, -0.25) is 4.98 Å². The van der Waals surface area contributed by atoms with E-state index in [9.17, 15) is 0 Å². The molecule has 0 amide bonds. The van der Waals surface area contributed by atoms with Gasteiger partial charge in [-0.05, 0) is 37.9 Å². The Bertz CT molecular complexity index is 296. The normalized spacial score (nSPS) is 20.4. The number of aromatic nitrogens is 1. The third-order valence-electron chi connectivity index (χ3n) is 3.25. The summed E-state index contributed by atoms with van der Waals surface area (Å²) >= 11 is 0. The van der Waals surface area contributed by atoms with Gasteiger partial charge in [-0.25, -0.2) is 0 Å². The van der Waals surface area contributed by atoms with Gasteiger partial charge in [-0.15, -0.1) is 0 Å². The van der Waals surface area contributed by atoms with Crippen molar-refractivity contribution in [1.29, 1.82) is 0 Å². The fourth-order valence-electron chi connectivity index (χ4n) is 2.22. The van der Waals surface area contributed by atoms with Crippen molar-refractivity contribution < 1.29 is 4.74 Å². The zero-order valence-electron chi connectivity index (χ0n) is 10.4. The molecule has 0 bridgehead atoms. The van der Waals surface area contributed by atoms with Gasteiger partial charge in [-0.2, -0.15) is 0 Å². The monoisotopic (exact) mass is 234 g/mol. The van der Waals surface area contributed by atoms with E-state index in [-0.39, 0.29) is 0 Å². The number of piperidine rings is 1. The zero-order chi connectivity index (χ0) is 11.8. The number of hydrogen-bond donors (Lipinski definition) is 1. The first-order chi connectivity index (χ1) is 8.45. The molecule has 1 aliphatic rings. The highest BCUT2D eigenvalue weighted by molar-refractivity contribution is 5.03. The Labute approximate surface area is 104 Å². The Balaban J connectivity index is 1.51. The van der Waals surface area contributed by atoms with Gasteiger partial charge < -0.3 is 10.1 Å². The second kappa shape index (κ2) is 7.41. The molecule has 0 radical (unpaired) electrons. The summed E-state index contributed by atoms with van der Waals surface area (Å²) < 4.78 is 5.66. The topological polar surface area (TPSA) is 34.1 Å². The molecule has 2 rings (SSSR count). The van der Waals surface area contributed by atoms with Crippen LogP contribution in [0.3, 0.4) is 0 Å². The molecule has 0 aliphatic carbocycles. The summed E-state index contributed by atoms with van der Waals surface area (Å²) in [5.74, 6) is 0. The van der Waals surface area contributed by atoms with E-state index in [1.807, 2.05) is 24.4 Å². The van der Waals surface area contributed by atoms with Crippen LogP contribution in [0, 0.1) is 0 Å². The van der Waals surface area contributed by atoms with E-state index in [1.54, 1.807) is 0 Å². The number of nitrogens with one attached hydrogen (secondary N) is 1. The Morgan fingerprint density at radius 1 is 1.29 bits per heavy atom. The first-order valence-electron chi connectivity index (χ1n) is 6.66. The van der Waals surface area contributed by atoms with Crippen molar-refractivity contribution >= 4 is 0 Å². The van der Waals surface area contributed by atoms with Crippen LogP contribution in [0.15, 0.2) is 24.4 Å². The molecule has 0 aromatic carbocycles. The van der Waals surface area contributed by atoms with Crippen LogP contribution in [-0.4, -0.2) is 30.8 Å². The lowest BCUT2D eigenvalue weighted by atomic mass is 10.0. The molecule has 94 valence electrons. The number of hydrogen-bond acceptors (Lipinski definition) is 3. The summed E-state index contributed by atoms with van der Waals surface area (Å²) in [5, 5.41) is 3.54. The summed E-state index contributed by atoms with van der Waals surface area (Å²) in [6, 6.07) is 6.69. The largest absolute Gasteiger partial charge is 0.381 e. The van der Waals surface area contributed by atoms with Crippen LogP contribution in [0.25, 0.3) is 0 Å². The lowest BCUT2D eigenvalue weighted by molar-refractivity contribution is 0.123. The molecule has 2 heterocycles. The van der Waals surface area contributed by atoms with Crippen LogP contribution >= 0.6 is 0 Å². The predicted molar refractivity (Wildman–Crippen MR) is 69.0 cm³/mol. The summed E-state index contributed by atoms with van der Waals surface area (Å²) in [6.07, 6.45) is 7.90. The summed E-state index contributed by atoms with van der Waals surface area (Å²) in [4.78, 5) is 4.27. The quantitative estimate of drug-likeness (QED) is 0.766. The molecule has 1 saturated heterocycles. The van der Waals surface area contributed by atoms with Gasteiger partial charge >= 0.3 is 0 Å². The molecule has 1 fully saturated rings. The molecule has 1 aromatic rings. The third kappa shape index (κ3) is 4.84. The average Bonchev–Trinajstić information content (AvgIpc) is 2.41. The third-order valence-corrected chi connectivity index (χ3v) is 3.25. The van der Waals surface area contributed by atoms with Crippen molar-refractivity contribution in [2.45, 2.75) is 38.1 Å². The number of rotatable bonds is 6. The molecule has 3 heteroatoms.